The molecule has 2 N–H and O–H groups in total. The quantitative estimate of drug-likeness (QED) is 0.729. The number of nitrogens with zero attached hydrogens (tertiary/aromatic N) is 2. The first-order valence-corrected chi connectivity index (χ1v) is 5.20. The number of nitrogens with two attached hydrogens (primary N) is 1. The second-order valence-electron chi connectivity index (χ2n) is 4.01. The molecule has 4 nitrogen and oxygen atoms in total. The van der Waals surface area contributed by atoms with Gasteiger partial charge in [0.2, 0.25) is 5.43 Å². The first kappa shape index (κ1) is 11.8. The fraction of sp³-hybridized carbons (Fsp3) is 0.545. The number of anilines is 1. The van der Waals surface area contributed by atoms with Crippen LogP contribution in [0.25, 0.3) is 0 Å². The summed E-state index contributed by atoms with van der Waals surface area (Å²) < 4.78 is 1.96. The molecule has 84 valence electrons. The third-order valence-electron chi connectivity index (χ3n) is 2.28. The Morgan fingerprint density at radius 3 is 2.73 bits per heavy atom. The third-order valence-corrected chi connectivity index (χ3v) is 2.28. The predicted octanol–water partition coefficient (Wildman–Crippen LogP) is 0.772. The smallest absolute Gasteiger partial charge is 0.204 e. The molecule has 4 heteroatoms. The van der Waals surface area contributed by atoms with Gasteiger partial charge in [-0.25, -0.2) is 0 Å². The Balaban J connectivity index is 2.38. The van der Waals surface area contributed by atoms with Gasteiger partial charge in [-0.2, -0.15) is 0 Å². The molecule has 0 amide bonds. The van der Waals surface area contributed by atoms with Crippen LogP contribution in [0.1, 0.15) is 12.8 Å². The lowest BCUT2D eigenvalue weighted by Crippen LogP contribution is -2.14. The van der Waals surface area contributed by atoms with Gasteiger partial charge in [-0.3, -0.25) is 4.79 Å². The molecule has 1 aromatic heterocycles. The van der Waals surface area contributed by atoms with Crippen molar-refractivity contribution in [1.82, 2.24) is 9.47 Å². The van der Waals surface area contributed by atoms with Gasteiger partial charge in [0.25, 0.3) is 0 Å². The van der Waals surface area contributed by atoms with Crippen LogP contribution >= 0.6 is 0 Å². The Labute approximate surface area is 90.3 Å². The molecular formula is C11H19N3O. The normalized spacial score (nSPS) is 10.9. The van der Waals surface area contributed by atoms with Crippen LogP contribution in [0.5, 0.6) is 0 Å². The van der Waals surface area contributed by atoms with Crippen LogP contribution in [0.3, 0.4) is 0 Å². The molecule has 0 aliphatic rings. The third kappa shape index (κ3) is 4.16. The maximum absolute atomic E-state index is 11.0. The number of unbranched alkanes of at least 4 members (excludes halogenated alkanes) is 1. The molecule has 0 aliphatic heterocycles. The number of nitrogen functional groups attached to an aromatic ring is 1. The van der Waals surface area contributed by atoms with Crippen molar-refractivity contribution in [3.05, 3.63) is 28.7 Å². The maximum Gasteiger partial charge on any atom is 0.204 e. The monoisotopic (exact) mass is 209 g/mol. The average molecular weight is 209 g/mol. The first-order valence-electron chi connectivity index (χ1n) is 5.20. The van der Waals surface area contributed by atoms with Crippen molar-refractivity contribution < 1.29 is 0 Å². The summed E-state index contributed by atoms with van der Waals surface area (Å²) in [5.74, 6) is 0. The SMILES string of the molecule is CN(C)CCCCn1ccc(=O)c(N)c1. The lowest BCUT2D eigenvalue weighted by Gasteiger charge is -2.10. The van der Waals surface area contributed by atoms with Crippen LogP contribution in [0.15, 0.2) is 23.3 Å². The topological polar surface area (TPSA) is 51.3 Å². The highest BCUT2D eigenvalue weighted by atomic mass is 16.1. The van der Waals surface area contributed by atoms with E-state index in [1.165, 1.54) is 6.07 Å². The van der Waals surface area contributed by atoms with Gasteiger partial charge >= 0.3 is 0 Å². The lowest BCUT2D eigenvalue weighted by molar-refractivity contribution is 0.387. The largest absolute Gasteiger partial charge is 0.394 e. The lowest BCUT2D eigenvalue weighted by atomic mass is 10.3. The molecule has 1 aromatic rings. The second kappa shape index (κ2) is 5.56. The van der Waals surface area contributed by atoms with Gasteiger partial charge in [0, 0.05) is 25.0 Å². The summed E-state index contributed by atoms with van der Waals surface area (Å²) in [6, 6.07) is 1.52. The van der Waals surface area contributed by atoms with E-state index >= 15 is 0 Å². The molecule has 0 saturated carbocycles. The molecule has 0 bridgehead atoms. The van der Waals surface area contributed by atoms with Crippen molar-refractivity contribution in [3.8, 4) is 0 Å². The number of aromatic nitrogens is 1. The number of aryl methyl sites for hydroxylation is 1. The summed E-state index contributed by atoms with van der Waals surface area (Å²) >= 11 is 0. The summed E-state index contributed by atoms with van der Waals surface area (Å²) in [5, 5.41) is 0. The minimum atomic E-state index is -0.0976. The van der Waals surface area contributed by atoms with Gasteiger partial charge in [0.05, 0.1) is 5.69 Å². The summed E-state index contributed by atoms with van der Waals surface area (Å²) in [7, 11) is 4.13. The number of hydrogen-bond acceptors (Lipinski definition) is 3. The van der Waals surface area contributed by atoms with Crippen LogP contribution in [0, 0.1) is 0 Å². The standard InChI is InChI=1S/C11H19N3O/c1-13(2)6-3-4-7-14-8-5-11(15)10(12)9-14/h5,8-9H,3-4,6-7,12H2,1-2H3. The zero-order valence-electron chi connectivity index (χ0n) is 9.44. The summed E-state index contributed by atoms with van der Waals surface area (Å²) in [6.07, 6.45) is 5.74. The van der Waals surface area contributed by atoms with E-state index in [9.17, 15) is 4.79 Å². The highest BCUT2D eigenvalue weighted by Crippen LogP contribution is 1.98. The van der Waals surface area contributed by atoms with Crippen molar-refractivity contribution in [3.63, 3.8) is 0 Å². The zero-order chi connectivity index (χ0) is 11.3. The number of pyridine rings is 1. The summed E-state index contributed by atoms with van der Waals surface area (Å²) in [4.78, 5) is 13.2. The van der Waals surface area contributed by atoms with E-state index in [4.69, 9.17) is 5.73 Å². The van der Waals surface area contributed by atoms with Crippen molar-refractivity contribution in [1.29, 1.82) is 0 Å². The van der Waals surface area contributed by atoms with Crippen molar-refractivity contribution >= 4 is 5.69 Å². The Morgan fingerprint density at radius 2 is 2.13 bits per heavy atom. The summed E-state index contributed by atoms with van der Waals surface area (Å²) in [5.41, 5.74) is 5.76. The van der Waals surface area contributed by atoms with E-state index in [1.54, 1.807) is 12.4 Å². The molecule has 1 rings (SSSR count). The molecule has 0 radical (unpaired) electrons. The molecule has 0 fully saturated rings. The molecule has 0 aromatic carbocycles. The molecule has 1 heterocycles. The number of rotatable bonds is 5. The van der Waals surface area contributed by atoms with Gasteiger partial charge in [-0.1, -0.05) is 0 Å². The highest BCUT2D eigenvalue weighted by Gasteiger charge is 1.95. The van der Waals surface area contributed by atoms with Crippen LogP contribution in [0.4, 0.5) is 5.69 Å². The fourth-order valence-electron chi connectivity index (χ4n) is 1.41. The highest BCUT2D eigenvalue weighted by molar-refractivity contribution is 5.33. The van der Waals surface area contributed by atoms with Crippen LogP contribution < -0.4 is 11.2 Å². The van der Waals surface area contributed by atoms with Crippen molar-refractivity contribution in [2.75, 3.05) is 26.4 Å². The van der Waals surface area contributed by atoms with E-state index in [-0.39, 0.29) is 5.43 Å². The van der Waals surface area contributed by atoms with Crippen LogP contribution in [-0.2, 0) is 6.54 Å². The molecule has 15 heavy (non-hydrogen) atoms. The van der Waals surface area contributed by atoms with Gasteiger partial charge in [-0.05, 0) is 33.5 Å². The second-order valence-corrected chi connectivity index (χ2v) is 4.01. The van der Waals surface area contributed by atoms with E-state index < -0.39 is 0 Å². The molecule has 0 spiro atoms. The Kier molecular flexibility index (Phi) is 4.37. The van der Waals surface area contributed by atoms with Crippen molar-refractivity contribution in [2.45, 2.75) is 19.4 Å². The van der Waals surface area contributed by atoms with Crippen LogP contribution in [-0.4, -0.2) is 30.1 Å². The molecule has 0 unspecified atom stereocenters. The molecular weight excluding hydrogens is 190 g/mol. The Hall–Kier alpha value is -1.29. The molecule has 0 aliphatic carbocycles. The maximum atomic E-state index is 11.0. The Morgan fingerprint density at radius 1 is 1.40 bits per heavy atom. The van der Waals surface area contributed by atoms with Gasteiger partial charge in [-0.15, -0.1) is 0 Å². The van der Waals surface area contributed by atoms with E-state index in [0.717, 1.165) is 25.9 Å². The van der Waals surface area contributed by atoms with E-state index in [0.29, 0.717) is 5.69 Å². The summed E-state index contributed by atoms with van der Waals surface area (Å²) in [6.45, 7) is 2.01. The van der Waals surface area contributed by atoms with E-state index in [1.807, 2.05) is 4.57 Å². The minimum absolute atomic E-state index is 0.0976. The minimum Gasteiger partial charge on any atom is -0.394 e. The Bertz CT molecular complexity index is 357. The predicted molar refractivity (Wildman–Crippen MR) is 62.9 cm³/mol. The van der Waals surface area contributed by atoms with Crippen molar-refractivity contribution in [2.24, 2.45) is 0 Å². The van der Waals surface area contributed by atoms with Gasteiger partial charge < -0.3 is 15.2 Å². The van der Waals surface area contributed by atoms with E-state index in [2.05, 4.69) is 19.0 Å². The first-order chi connectivity index (χ1) is 7.09. The van der Waals surface area contributed by atoms with Gasteiger partial charge in [0.1, 0.15) is 0 Å². The fourth-order valence-corrected chi connectivity index (χ4v) is 1.41. The number of hydrogen-bond donors (Lipinski definition) is 1. The molecule has 0 atom stereocenters. The molecule has 0 saturated heterocycles. The average Bonchev–Trinajstić information content (AvgIpc) is 2.18. The zero-order valence-corrected chi connectivity index (χ0v) is 9.44. The van der Waals surface area contributed by atoms with Gasteiger partial charge in [0.15, 0.2) is 0 Å². The van der Waals surface area contributed by atoms with Crippen LogP contribution in [0.2, 0.25) is 0 Å².